The second kappa shape index (κ2) is 5.26. The third-order valence-corrected chi connectivity index (χ3v) is 6.26. The van der Waals surface area contributed by atoms with Crippen LogP contribution in [0.3, 0.4) is 0 Å². The highest BCUT2D eigenvalue weighted by Crippen LogP contribution is 2.42. The second-order valence-electron chi connectivity index (χ2n) is 6.16. The van der Waals surface area contributed by atoms with Gasteiger partial charge in [0, 0.05) is 19.0 Å². The highest BCUT2D eigenvalue weighted by atomic mass is 32.2. The summed E-state index contributed by atoms with van der Waals surface area (Å²) >= 11 is 0. The predicted molar refractivity (Wildman–Crippen MR) is 86.0 cm³/mol. The summed E-state index contributed by atoms with van der Waals surface area (Å²) < 4.78 is 35.3. The molecule has 2 atom stereocenters. The number of anilines is 1. The van der Waals surface area contributed by atoms with Crippen LogP contribution in [0.4, 0.5) is 5.69 Å². The monoisotopic (exact) mass is 333 g/mol. The Hall–Kier alpha value is -2.02. The van der Waals surface area contributed by atoms with E-state index in [1.165, 1.54) is 10.5 Å². The van der Waals surface area contributed by atoms with Gasteiger partial charge < -0.3 is 4.74 Å². The number of aryl methyl sites for hydroxylation is 1. The molecule has 0 bridgehead atoms. The molecule has 23 heavy (non-hydrogen) atoms. The van der Waals surface area contributed by atoms with Gasteiger partial charge in [-0.25, -0.2) is 13.1 Å². The fraction of sp³-hybridized carbons (Fsp3) is 0.438. The minimum atomic E-state index is -3.70. The summed E-state index contributed by atoms with van der Waals surface area (Å²) in [5.74, 6) is 0.725. The van der Waals surface area contributed by atoms with Gasteiger partial charge in [-0.15, -0.1) is 0 Å². The molecule has 1 aromatic carbocycles. The number of benzene rings is 1. The molecule has 0 radical (unpaired) electrons. The van der Waals surface area contributed by atoms with E-state index in [4.69, 9.17) is 4.74 Å². The fourth-order valence-electron chi connectivity index (χ4n) is 3.04. The van der Waals surface area contributed by atoms with Gasteiger partial charge >= 0.3 is 0 Å². The van der Waals surface area contributed by atoms with E-state index in [2.05, 4.69) is 12.0 Å². The van der Waals surface area contributed by atoms with Crippen LogP contribution in [-0.2, 0) is 16.6 Å². The molecule has 122 valence electrons. The lowest BCUT2D eigenvalue weighted by molar-refractivity contribution is 0.224. The Morgan fingerprint density at radius 3 is 2.74 bits per heavy atom. The Balaban J connectivity index is 1.80. The summed E-state index contributed by atoms with van der Waals surface area (Å²) in [4.78, 5) is 0.167. The molecule has 2 aromatic rings. The van der Waals surface area contributed by atoms with Crippen LogP contribution in [0.5, 0.6) is 5.88 Å². The van der Waals surface area contributed by atoms with E-state index in [-0.39, 0.29) is 10.9 Å². The summed E-state index contributed by atoms with van der Waals surface area (Å²) in [6, 6.07) is 9.26. The molecule has 2 aliphatic rings. The van der Waals surface area contributed by atoms with E-state index >= 15 is 0 Å². The van der Waals surface area contributed by atoms with E-state index in [9.17, 15) is 8.42 Å². The topological polar surface area (TPSA) is 64.4 Å². The number of hydrogen-bond donors (Lipinski definition) is 0. The third-order valence-electron chi connectivity index (χ3n) is 4.43. The lowest BCUT2D eigenvalue weighted by atomic mass is 10.3. The van der Waals surface area contributed by atoms with E-state index in [1.807, 2.05) is 30.3 Å². The zero-order valence-electron chi connectivity index (χ0n) is 12.9. The molecular formula is C16H19N3O3S. The van der Waals surface area contributed by atoms with Crippen LogP contribution in [0.1, 0.15) is 19.8 Å². The third kappa shape index (κ3) is 2.39. The van der Waals surface area contributed by atoms with Crippen LogP contribution in [0.25, 0.3) is 0 Å². The molecule has 1 fully saturated rings. The number of rotatable bonds is 4. The largest absolute Gasteiger partial charge is 0.477 e. The van der Waals surface area contributed by atoms with Gasteiger partial charge in [0.1, 0.15) is 0 Å². The number of aromatic nitrogens is 2. The van der Waals surface area contributed by atoms with Gasteiger partial charge in [-0.1, -0.05) is 25.1 Å². The lowest BCUT2D eigenvalue weighted by Gasteiger charge is -2.25. The number of hydrogen-bond acceptors (Lipinski definition) is 4. The van der Waals surface area contributed by atoms with Crippen molar-refractivity contribution in [1.29, 1.82) is 0 Å². The SMILES string of the molecule is C[C@H]1C[C@@H]1N(c1ccccc1)S(=O)(=O)c1cnn2c1OCCC2. The van der Waals surface area contributed by atoms with Crippen LogP contribution < -0.4 is 9.04 Å². The molecule has 0 saturated heterocycles. The number of para-hydroxylation sites is 1. The highest BCUT2D eigenvalue weighted by molar-refractivity contribution is 7.93. The molecule has 0 unspecified atom stereocenters. The van der Waals surface area contributed by atoms with E-state index in [0.29, 0.717) is 30.6 Å². The minimum absolute atomic E-state index is 0.00143. The molecule has 4 rings (SSSR count). The van der Waals surface area contributed by atoms with Crippen LogP contribution in [0.15, 0.2) is 41.4 Å². The average molecular weight is 333 g/mol. The predicted octanol–water partition coefficient (Wildman–Crippen LogP) is 2.27. The maximum absolute atomic E-state index is 13.3. The van der Waals surface area contributed by atoms with Gasteiger partial charge in [0.05, 0.1) is 18.5 Å². The van der Waals surface area contributed by atoms with E-state index in [0.717, 1.165) is 12.8 Å². The first kappa shape index (κ1) is 14.6. The summed E-state index contributed by atoms with van der Waals surface area (Å²) in [7, 11) is -3.70. The van der Waals surface area contributed by atoms with Crippen LogP contribution in [0.2, 0.25) is 0 Å². The van der Waals surface area contributed by atoms with Gasteiger partial charge in [-0.05, 0) is 24.5 Å². The maximum atomic E-state index is 13.3. The van der Waals surface area contributed by atoms with Gasteiger partial charge in [0.15, 0.2) is 4.90 Å². The van der Waals surface area contributed by atoms with Crippen molar-refractivity contribution in [2.45, 2.75) is 37.2 Å². The molecule has 1 saturated carbocycles. The first-order valence-electron chi connectivity index (χ1n) is 7.87. The van der Waals surface area contributed by atoms with Crippen molar-refractivity contribution in [2.75, 3.05) is 10.9 Å². The molecule has 1 aromatic heterocycles. The van der Waals surface area contributed by atoms with Crippen molar-refractivity contribution < 1.29 is 13.2 Å². The first-order chi connectivity index (χ1) is 11.1. The van der Waals surface area contributed by atoms with Crippen molar-refractivity contribution in [3.63, 3.8) is 0 Å². The van der Waals surface area contributed by atoms with Crippen molar-refractivity contribution in [2.24, 2.45) is 5.92 Å². The minimum Gasteiger partial charge on any atom is -0.477 e. The molecule has 2 heterocycles. The summed E-state index contributed by atoms with van der Waals surface area (Å²) in [5, 5.41) is 4.18. The zero-order chi connectivity index (χ0) is 16.0. The Labute approximate surface area is 135 Å². The maximum Gasteiger partial charge on any atom is 0.271 e. The van der Waals surface area contributed by atoms with E-state index < -0.39 is 10.0 Å². The Kier molecular flexibility index (Phi) is 3.33. The number of ether oxygens (including phenoxy) is 1. The summed E-state index contributed by atoms with van der Waals surface area (Å²) in [6.45, 7) is 3.29. The van der Waals surface area contributed by atoms with Gasteiger partial charge in [0.25, 0.3) is 10.0 Å². The molecule has 0 amide bonds. The number of sulfonamides is 1. The Bertz CT molecular complexity index is 816. The average Bonchev–Trinajstić information content (AvgIpc) is 3.10. The fourth-order valence-corrected chi connectivity index (χ4v) is 4.87. The summed E-state index contributed by atoms with van der Waals surface area (Å²) in [6.07, 6.45) is 3.13. The number of fused-ring (bicyclic) bond motifs is 1. The van der Waals surface area contributed by atoms with Gasteiger partial charge in [-0.3, -0.25) is 4.31 Å². The first-order valence-corrected chi connectivity index (χ1v) is 9.31. The Morgan fingerprint density at radius 1 is 1.30 bits per heavy atom. The molecule has 7 heteroatoms. The second-order valence-corrected chi connectivity index (χ2v) is 7.94. The zero-order valence-corrected chi connectivity index (χ0v) is 13.7. The smallest absolute Gasteiger partial charge is 0.271 e. The normalized spacial score (nSPS) is 23.0. The van der Waals surface area contributed by atoms with Crippen molar-refractivity contribution >= 4 is 15.7 Å². The van der Waals surface area contributed by atoms with Crippen LogP contribution in [-0.4, -0.2) is 30.8 Å². The van der Waals surface area contributed by atoms with Crippen molar-refractivity contribution in [1.82, 2.24) is 9.78 Å². The molecule has 1 aliphatic carbocycles. The summed E-state index contributed by atoms with van der Waals surface area (Å²) in [5.41, 5.74) is 0.692. The molecule has 0 N–H and O–H groups in total. The lowest BCUT2D eigenvalue weighted by Crippen LogP contribution is -2.34. The van der Waals surface area contributed by atoms with Gasteiger partial charge in [0.2, 0.25) is 5.88 Å². The highest BCUT2D eigenvalue weighted by Gasteiger charge is 2.46. The molecule has 6 nitrogen and oxygen atoms in total. The molecule has 1 aliphatic heterocycles. The van der Waals surface area contributed by atoms with Crippen LogP contribution in [0, 0.1) is 5.92 Å². The van der Waals surface area contributed by atoms with Crippen molar-refractivity contribution in [3.05, 3.63) is 36.5 Å². The molecule has 0 spiro atoms. The van der Waals surface area contributed by atoms with Gasteiger partial charge in [-0.2, -0.15) is 5.10 Å². The van der Waals surface area contributed by atoms with Crippen molar-refractivity contribution in [3.8, 4) is 5.88 Å². The Morgan fingerprint density at radius 2 is 2.04 bits per heavy atom. The van der Waals surface area contributed by atoms with E-state index in [1.54, 1.807) is 4.68 Å². The quantitative estimate of drug-likeness (QED) is 0.861. The number of nitrogens with zero attached hydrogens (tertiary/aromatic N) is 3. The standard InChI is InChI=1S/C16H19N3O3S/c1-12-10-14(12)19(13-6-3-2-4-7-13)23(20,21)15-11-17-18-8-5-9-22-16(15)18/h2-4,6-7,11-12,14H,5,8-10H2,1H3/t12-,14-/m0/s1. The van der Waals surface area contributed by atoms with Crippen LogP contribution >= 0.6 is 0 Å². The molecular weight excluding hydrogens is 314 g/mol.